The lowest BCUT2D eigenvalue weighted by Gasteiger charge is -2.08. The van der Waals surface area contributed by atoms with Gasteiger partial charge in [-0.25, -0.2) is 0 Å². The van der Waals surface area contributed by atoms with Crippen LogP contribution in [-0.4, -0.2) is 11.8 Å². The molecule has 126 valence electrons. The van der Waals surface area contributed by atoms with Crippen molar-refractivity contribution in [2.45, 2.75) is 6.92 Å². The molecule has 4 nitrogen and oxygen atoms in total. The summed E-state index contributed by atoms with van der Waals surface area (Å²) in [4.78, 5) is 25.3. The van der Waals surface area contributed by atoms with E-state index in [4.69, 9.17) is 17.3 Å². The highest BCUT2D eigenvalue weighted by Crippen LogP contribution is 2.33. The fourth-order valence-corrected chi connectivity index (χ4v) is 3.59. The van der Waals surface area contributed by atoms with Crippen LogP contribution in [0.25, 0.3) is 10.4 Å². The van der Waals surface area contributed by atoms with Crippen molar-refractivity contribution in [1.29, 1.82) is 0 Å². The van der Waals surface area contributed by atoms with Gasteiger partial charge < -0.3 is 11.1 Å². The summed E-state index contributed by atoms with van der Waals surface area (Å²) in [5, 5.41) is 3.47. The summed E-state index contributed by atoms with van der Waals surface area (Å²) in [6.07, 6.45) is 0. The first-order valence-electron chi connectivity index (χ1n) is 7.52. The number of primary amides is 1. The van der Waals surface area contributed by atoms with Crippen molar-refractivity contribution in [3.05, 3.63) is 75.6 Å². The van der Waals surface area contributed by atoms with Crippen molar-refractivity contribution < 1.29 is 9.59 Å². The van der Waals surface area contributed by atoms with Gasteiger partial charge in [-0.05, 0) is 42.8 Å². The standard InChI is InChI=1S/C19H15ClN2O2S/c1-11-6-7-12(18(21)23)10-15(11)22-19(24)17-9-8-16(25-17)13-4-2-3-5-14(13)20/h2-10H,1H3,(H2,21,23)(H,22,24). The zero-order chi connectivity index (χ0) is 18.0. The predicted molar refractivity (Wildman–Crippen MR) is 102 cm³/mol. The third kappa shape index (κ3) is 3.73. The molecule has 0 fully saturated rings. The summed E-state index contributed by atoms with van der Waals surface area (Å²) in [5.41, 5.74) is 7.95. The number of thiophene rings is 1. The van der Waals surface area contributed by atoms with Crippen LogP contribution in [0.1, 0.15) is 25.6 Å². The van der Waals surface area contributed by atoms with Crippen molar-refractivity contribution in [2.24, 2.45) is 5.73 Å². The van der Waals surface area contributed by atoms with Crippen LogP contribution in [0.2, 0.25) is 5.02 Å². The van der Waals surface area contributed by atoms with Crippen LogP contribution in [0.4, 0.5) is 5.69 Å². The molecule has 0 aliphatic rings. The average molecular weight is 371 g/mol. The van der Waals surface area contributed by atoms with Crippen molar-refractivity contribution in [3.63, 3.8) is 0 Å². The van der Waals surface area contributed by atoms with Gasteiger partial charge in [-0.2, -0.15) is 0 Å². The first-order valence-corrected chi connectivity index (χ1v) is 8.71. The fourth-order valence-electron chi connectivity index (χ4n) is 2.36. The highest BCUT2D eigenvalue weighted by molar-refractivity contribution is 7.17. The largest absolute Gasteiger partial charge is 0.366 e. The van der Waals surface area contributed by atoms with Gasteiger partial charge in [0.2, 0.25) is 5.91 Å². The van der Waals surface area contributed by atoms with Gasteiger partial charge in [0.15, 0.2) is 0 Å². The maximum absolute atomic E-state index is 12.5. The smallest absolute Gasteiger partial charge is 0.265 e. The Balaban J connectivity index is 1.85. The van der Waals surface area contributed by atoms with Crippen molar-refractivity contribution >= 4 is 40.4 Å². The molecule has 1 heterocycles. The number of amides is 2. The highest BCUT2D eigenvalue weighted by Gasteiger charge is 2.14. The maximum atomic E-state index is 12.5. The van der Waals surface area contributed by atoms with Crippen LogP contribution >= 0.6 is 22.9 Å². The lowest BCUT2D eigenvalue weighted by atomic mass is 10.1. The summed E-state index contributed by atoms with van der Waals surface area (Å²) in [7, 11) is 0. The third-order valence-electron chi connectivity index (χ3n) is 3.74. The Morgan fingerprint density at radius 3 is 2.56 bits per heavy atom. The van der Waals surface area contributed by atoms with Crippen LogP contribution < -0.4 is 11.1 Å². The predicted octanol–water partition coefficient (Wildman–Crippen LogP) is 4.73. The van der Waals surface area contributed by atoms with Crippen molar-refractivity contribution in [1.82, 2.24) is 0 Å². The molecule has 0 atom stereocenters. The number of nitrogens with two attached hydrogens (primary N) is 1. The molecular formula is C19H15ClN2O2S. The fraction of sp³-hybridized carbons (Fsp3) is 0.0526. The number of benzene rings is 2. The molecule has 0 radical (unpaired) electrons. The molecule has 1 aromatic heterocycles. The molecule has 3 rings (SSSR count). The zero-order valence-corrected chi connectivity index (χ0v) is 14.9. The van der Waals surface area contributed by atoms with Crippen LogP contribution in [0, 0.1) is 6.92 Å². The van der Waals surface area contributed by atoms with E-state index < -0.39 is 5.91 Å². The number of rotatable bonds is 4. The Morgan fingerprint density at radius 1 is 1.08 bits per heavy atom. The minimum Gasteiger partial charge on any atom is -0.366 e. The molecule has 2 aromatic carbocycles. The number of carbonyl (C=O) groups is 2. The maximum Gasteiger partial charge on any atom is 0.265 e. The van der Waals surface area contributed by atoms with Crippen LogP contribution in [-0.2, 0) is 0 Å². The summed E-state index contributed by atoms with van der Waals surface area (Å²) < 4.78 is 0. The van der Waals surface area contributed by atoms with E-state index in [1.165, 1.54) is 11.3 Å². The second-order valence-electron chi connectivity index (χ2n) is 5.49. The van der Waals surface area contributed by atoms with Crippen molar-refractivity contribution in [2.75, 3.05) is 5.32 Å². The zero-order valence-electron chi connectivity index (χ0n) is 13.4. The lowest BCUT2D eigenvalue weighted by Crippen LogP contribution is -2.14. The number of aryl methyl sites for hydroxylation is 1. The van der Waals surface area contributed by atoms with E-state index >= 15 is 0 Å². The molecular weight excluding hydrogens is 356 g/mol. The first-order chi connectivity index (χ1) is 12.0. The van der Waals surface area contributed by atoms with Gasteiger partial charge in [0.05, 0.1) is 4.88 Å². The molecule has 3 aromatic rings. The number of halogens is 1. The van der Waals surface area contributed by atoms with Gasteiger partial charge in [0.1, 0.15) is 0 Å². The van der Waals surface area contributed by atoms with Crippen molar-refractivity contribution in [3.8, 4) is 10.4 Å². The monoisotopic (exact) mass is 370 g/mol. The molecule has 0 saturated heterocycles. The number of hydrogen-bond acceptors (Lipinski definition) is 3. The third-order valence-corrected chi connectivity index (χ3v) is 5.19. The Morgan fingerprint density at radius 2 is 1.84 bits per heavy atom. The highest BCUT2D eigenvalue weighted by atomic mass is 35.5. The molecule has 6 heteroatoms. The minimum atomic E-state index is -0.535. The Bertz CT molecular complexity index is 966. The van der Waals surface area contributed by atoms with Crippen LogP contribution in [0.3, 0.4) is 0 Å². The van der Waals surface area contributed by atoms with E-state index in [2.05, 4.69) is 5.32 Å². The summed E-state index contributed by atoms with van der Waals surface area (Å²) in [5.74, 6) is -0.777. The summed E-state index contributed by atoms with van der Waals surface area (Å²) in [6.45, 7) is 1.85. The van der Waals surface area contributed by atoms with Gasteiger partial charge in [-0.1, -0.05) is 35.9 Å². The van der Waals surface area contributed by atoms with E-state index in [0.717, 1.165) is 16.0 Å². The molecule has 0 saturated carbocycles. The summed E-state index contributed by atoms with van der Waals surface area (Å²) in [6, 6.07) is 16.1. The molecule has 0 spiro atoms. The van der Waals surface area contributed by atoms with Crippen LogP contribution in [0.15, 0.2) is 54.6 Å². The van der Waals surface area contributed by atoms with E-state index in [9.17, 15) is 9.59 Å². The van der Waals surface area contributed by atoms with Gasteiger partial charge in [-0.15, -0.1) is 11.3 Å². The number of carbonyl (C=O) groups excluding carboxylic acids is 2. The Kier molecular flexibility index (Phi) is 4.88. The first kappa shape index (κ1) is 17.2. The van der Waals surface area contributed by atoms with Crippen LogP contribution in [0.5, 0.6) is 0 Å². The molecule has 0 aliphatic heterocycles. The Hall–Kier alpha value is -2.63. The SMILES string of the molecule is Cc1ccc(C(N)=O)cc1NC(=O)c1ccc(-c2ccccc2Cl)s1. The van der Waals surface area contributed by atoms with E-state index in [0.29, 0.717) is 21.2 Å². The quantitative estimate of drug-likeness (QED) is 0.696. The minimum absolute atomic E-state index is 0.243. The molecule has 2 amide bonds. The van der Waals surface area contributed by atoms with Gasteiger partial charge in [0.25, 0.3) is 5.91 Å². The lowest BCUT2D eigenvalue weighted by molar-refractivity contribution is 0.0996. The second-order valence-corrected chi connectivity index (χ2v) is 6.98. The van der Waals surface area contributed by atoms with E-state index in [1.807, 2.05) is 37.3 Å². The molecule has 0 bridgehead atoms. The topological polar surface area (TPSA) is 72.2 Å². The summed E-state index contributed by atoms with van der Waals surface area (Å²) >= 11 is 7.56. The molecule has 25 heavy (non-hydrogen) atoms. The molecule has 3 N–H and O–H groups in total. The Labute approximate surface area is 154 Å². The van der Waals surface area contributed by atoms with Gasteiger partial charge in [0, 0.05) is 26.7 Å². The van der Waals surface area contributed by atoms with Gasteiger partial charge >= 0.3 is 0 Å². The molecule has 0 unspecified atom stereocenters. The normalized spacial score (nSPS) is 10.5. The number of nitrogens with one attached hydrogen (secondary N) is 1. The number of hydrogen-bond donors (Lipinski definition) is 2. The van der Waals surface area contributed by atoms with E-state index in [-0.39, 0.29) is 5.91 Å². The van der Waals surface area contributed by atoms with Gasteiger partial charge in [-0.3, -0.25) is 9.59 Å². The number of anilines is 1. The van der Waals surface area contributed by atoms with E-state index in [1.54, 1.807) is 24.3 Å². The molecule has 0 aliphatic carbocycles. The second kappa shape index (κ2) is 7.09. The average Bonchev–Trinajstić information content (AvgIpc) is 3.07.